The molecule has 19 heavy (non-hydrogen) atoms. The van der Waals surface area contributed by atoms with E-state index in [1.54, 1.807) is 0 Å². The highest BCUT2D eigenvalue weighted by molar-refractivity contribution is 7.89. The summed E-state index contributed by atoms with van der Waals surface area (Å²) in [6.07, 6.45) is -0.109. The highest BCUT2D eigenvalue weighted by Gasteiger charge is 2.18. The Balaban J connectivity index is 2.59. The Bertz CT molecular complexity index is 500. The van der Waals surface area contributed by atoms with E-state index in [1.807, 2.05) is 30.3 Å². The Morgan fingerprint density at radius 3 is 2.42 bits per heavy atom. The largest absolute Gasteiger partial charge is 0.481 e. The molecule has 1 rings (SSSR count). The SMILES string of the molecule is O=C(O)CCS(=O)(=O)N[C@H](CO)Cc1ccccc1. The molecule has 0 radical (unpaired) electrons. The number of aliphatic hydroxyl groups excluding tert-OH is 1. The van der Waals surface area contributed by atoms with E-state index in [4.69, 9.17) is 5.11 Å². The van der Waals surface area contributed by atoms with Gasteiger partial charge >= 0.3 is 5.97 Å². The Labute approximate surface area is 112 Å². The van der Waals surface area contributed by atoms with E-state index >= 15 is 0 Å². The molecule has 0 heterocycles. The van der Waals surface area contributed by atoms with Crippen LogP contribution in [0.5, 0.6) is 0 Å². The lowest BCUT2D eigenvalue weighted by Gasteiger charge is -2.16. The van der Waals surface area contributed by atoms with Gasteiger partial charge in [-0.05, 0) is 12.0 Å². The van der Waals surface area contributed by atoms with Crippen molar-refractivity contribution in [3.63, 3.8) is 0 Å². The molecule has 0 bridgehead atoms. The molecule has 0 saturated heterocycles. The minimum atomic E-state index is -3.70. The fraction of sp³-hybridized carbons (Fsp3) is 0.417. The molecular formula is C12H17NO5S. The van der Waals surface area contributed by atoms with Crippen molar-refractivity contribution in [2.24, 2.45) is 0 Å². The molecule has 0 fully saturated rings. The summed E-state index contributed by atoms with van der Waals surface area (Å²) in [5.74, 6) is -1.66. The average Bonchev–Trinajstić information content (AvgIpc) is 2.37. The van der Waals surface area contributed by atoms with Gasteiger partial charge in [0.25, 0.3) is 0 Å². The molecule has 1 aromatic carbocycles. The number of rotatable bonds is 8. The minimum absolute atomic E-state index is 0.346. The van der Waals surface area contributed by atoms with Crippen molar-refractivity contribution in [1.82, 2.24) is 4.72 Å². The van der Waals surface area contributed by atoms with Crippen molar-refractivity contribution in [2.75, 3.05) is 12.4 Å². The van der Waals surface area contributed by atoms with Crippen molar-refractivity contribution in [1.29, 1.82) is 0 Å². The van der Waals surface area contributed by atoms with Crippen LogP contribution in [0.1, 0.15) is 12.0 Å². The molecule has 1 aromatic rings. The maximum atomic E-state index is 11.6. The number of benzene rings is 1. The third-order valence-electron chi connectivity index (χ3n) is 2.48. The summed E-state index contributed by atoms with van der Waals surface area (Å²) in [7, 11) is -3.70. The molecule has 0 aliphatic heterocycles. The van der Waals surface area contributed by atoms with Crippen LogP contribution in [-0.2, 0) is 21.2 Å². The van der Waals surface area contributed by atoms with Gasteiger partial charge in [0.15, 0.2) is 0 Å². The van der Waals surface area contributed by atoms with Crippen molar-refractivity contribution < 1.29 is 23.4 Å². The van der Waals surface area contributed by atoms with Gasteiger partial charge in [-0.1, -0.05) is 30.3 Å². The van der Waals surface area contributed by atoms with Gasteiger partial charge in [0.1, 0.15) is 0 Å². The van der Waals surface area contributed by atoms with Gasteiger partial charge in [-0.2, -0.15) is 0 Å². The third-order valence-corrected chi connectivity index (χ3v) is 3.91. The lowest BCUT2D eigenvalue weighted by molar-refractivity contribution is -0.136. The lowest BCUT2D eigenvalue weighted by Crippen LogP contribution is -2.40. The van der Waals surface area contributed by atoms with Gasteiger partial charge in [0, 0.05) is 6.04 Å². The third kappa shape index (κ3) is 6.32. The summed E-state index contributed by atoms with van der Waals surface area (Å²) >= 11 is 0. The standard InChI is InChI=1S/C12H17NO5S/c14-9-11(8-10-4-2-1-3-5-10)13-19(17,18)7-6-12(15)16/h1-5,11,13-14H,6-9H2,(H,15,16)/t11-/m0/s1. The number of aliphatic hydroxyl groups is 1. The van der Waals surface area contributed by atoms with E-state index in [2.05, 4.69) is 4.72 Å². The molecule has 0 spiro atoms. The quantitative estimate of drug-likeness (QED) is 0.623. The number of nitrogens with one attached hydrogen (secondary N) is 1. The summed E-state index contributed by atoms with van der Waals surface area (Å²) in [6.45, 7) is -0.346. The highest BCUT2D eigenvalue weighted by Crippen LogP contribution is 2.04. The first-order valence-electron chi connectivity index (χ1n) is 5.79. The van der Waals surface area contributed by atoms with Gasteiger partial charge in [0.05, 0.1) is 18.8 Å². The number of hydrogen-bond acceptors (Lipinski definition) is 4. The Morgan fingerprint density at radius 2 is 1.89 bits per heavy atom. The first-order chi connectivity index (χ1) is 8.93. The van der Waals surface area contributed by atoms with Crippen LogP contribution in [0.3, 0.4) is 0 Å². The Kier molecular flexibility index (Phi) is 5.94. The second kappa shape index (κ2) is 7.22. The number of carboxylic acid groups (broad SMARTS) is 1. The molecule has 0 saturated carbocycles. The number of aliphatic carboxylic acids is 1. The summed E-state index contributed by atoms with van der Waals surface area (Å²) < 4.78 is 25.5. The fourth-order valence-corrected chi connectivity index (χ4v) is 2.80. The smallest absolute Gasteiger partial charge is 0.304 e. The molecule has 0 amide bonds. The first-order valence-corrected chi connectivity index (χ1v) is 7.45. The van der Waals surface area contributed by atoms with Crippen molar-refractivity contribution in [2.45, 2.75) is 18.9 Å². The monoisotopic (exact) mass is 287 g/mol. The Morgan fingerprint density at radius 1 is 1.26 bits per heavy atom. The van der Waals surface area contributed by atoms with Crippen LogP contribution >= 0.6 is 0 Å². The fourth-order valence-electron chi connectivity index (χ4n) is 1.58. The lowest BCUT2D eigenvalue weighted by atomic mass is 10.1. The van der Waals surface area contributed by atoms with Crippen LogP contribution in [0.2, 0.25) is 0 Å². The molecular weight excluding hydrogens is 270 g/mol. The van der Waals surface area contributed by atoms with Crippen LogP contribution in [-0.4, -0.2) is 43.0 Å². The maximum Gasteiger partial charge on any atom is 0.304 e. The maximum absolute atomic E-state index is 11.6. The predicted molar refractivity (Wildman–Crippen MR) is 70.2 cm³/mol. The van der Waals surface area contributed by atoms with E-state index in [1.165, 1.54) is 0 Å². The molecule has 7 heteroatoms. The van der Waals surface area contributed by atoms with Crippen LogP contribution in [0.15, 0.2) is 30.3 Å². The van der Waals surface area contributed by atoms with Crippen LogP contribution in [0.4, 0.5) is 0 Å². The zero-order chi connectivity index (χ0) is 14.3. The van der Waals surface area contributed by atoms with Crippen molar-refractivity contribution in [3.05, 3.63) is 35.9 Å². The van der Waals surface area contributed by atoms with Crippen molar-refractivity contribution in [3.8, 4) is 0 Å². The number of sulfonamides is 1. The summed E-state index contributed by atoms with van der Waals surface area (Å²) in [5.41, 5.74) is 0.891. The number of hydrogen-bond donors (Lipinski definition) is 3. The van der Waals surface area contributed by atoms with Crippen LogP contribution in [0, 0.1) is 0 Å². The predicted octanol–water partition coefficient (Wildman–Crippen LogP) is -0.0159. The highest BCUT2D eigenvalue weighted by atomic mass is 32.2. The number of carboxylic acids is 1. The molecule has 0 unspecified atom stereocenters. The zero-order valence-corrected chi connectivity index (χ0v) is 11.1. The van der Waals surface area contributed by atoms with E-state index in [0.717, 1.165) is 5.56 Å². The minimum Gasteiger partial charge on any atom is -0.481 e. The molecule has 0 aliphatic carbocycles. The molecule has 106 valence electrons. The van der Waals surface area contributed by atoms with Gasteiger partial charge in [0.2, 0.25) is 10.0 Å². The normalized spacial score (nSPS) is 13.1. The van der Waals surface area contributed by atoms with Crippen LogP contribution < -0.4 is 4.72 Å². The summed E-state index contributed by atoms with van der Waals surface area (Å²) in [6, 6.07) is 8.49. The van der Waals surface area contributed by atoms with Crippen molar-refractivity contribution >= 4 is 16.0 Å². The first kappa shape index (κ1) is 15.6. The summed E-state index contributed by atoms with van der Waals surface area (Å²) in [4.78, 5) is 10.4. The second-order valence-electron chi connectivity index (χ2n) is 4.15. The molecule has 6 nitrogen and oxygen atoms in total. The van der Waals surface area contributed by atoms with E-state index < -0.39 is 34.2 Å². The molecule has 1 atom stereocenters. The Hall–Kier alpha value is -1.44. The van der Waals surface area contributed by atoms with Crippen LogP contribution in [0.25, 0.3) is 0 Å². The van der Waals surface area contributed by atoms with Gasteiger partial charge in [-0.3, -0.25) is 4.79 Å². The zero-order valence-electron chi connectivity index (χ0n) is 10.3. The van der Waals surface area contributed by atoms with E-state index in [-0.39, 0.29) is 6.61 Å². The van der Waals surface area contributed by atoms with Gasteiger partial charge in [-0.15, -0.1) is 0 Å². The second-order valence-corrected chi connectivity index (χ2v) is 6.02. The number of carbonyl (C=O) groups is 1. The van der Waals surface area contributed by atoms with E-state index in [0.29, 0.717) is 6.42 Å². The average molecular weight is 287 g/mol. The topological polar surface area (TPSA) is 104 Å². The molecule has 0 aromatic heterocycles. The van der Waals surface area contributed by atoms with Gasteiger partial charge < -0.3 is 10.2 Å². The molecule has 3 N–H and O–H groups in total. The van der Waals surface area contributed by atoms with E-state index in [9.17, 15) is 18.3 Å². The summed E-state index contributed by atoms with van der Waals surface area (Å²) in [5, 5.41) is 17.6. The molecule has 0 aliphatic rings. The van der Waals surface area contributed by atoms with Gasteiger partial charge in [-0.25, -0.2) is 13.1 Å².